The van der Waals surface area contributed by atoms with Crippen molar-refractivity contribution >= 4 is 17.5 Å². The van der Waals surface area contributed by atoms with Gasteiger partial charge >= 0.3 is 12.2 Å². The van der Waals surface area contributed by atoms with E-state index in [-0.39, 0.29) is 11.7 Å². The van der Waals surface area contributed by atoms with Gasteiger partial charge in [-0.15, -0.1) is 15.3 Å². The maximum atomic E-state index is 13.0. The zero-order valence-corrected chi connectivity index (χ0v) is 14.0. The van der Waals surface area contributed by atoms with Gasteiger partial charge in [-0.1, -0.05) is 0 Å². The number of hydrogen-bond donors (Lipinski definition) is 0. The van der Waals surface area contributed by atoms with E-state index in [1.165, 1.54) is 6.07 Å². The zero-order valence-electron chi connectivity index (χ0n) is 14.0. The van der Waals surface area contributed by atoms with E-state index in [1.54, 1.807) is 11.0 Å². The van der Waals surface area contributed by atoms with Crippen LogP contribution >= 0.6 is 0 Å². The molecule has 8 nitrogen and oxygen atoms in total. The van der Waals surface area contributed by atoms with Gasteiger partial charge in [0.25, 0.3) is 5.82 Å². The second-order valence-electron chi connectivity index (χ2n) is 6.43. The van der Waals surface area contributed by atoms with E-state index in [2.05, 4.69) is 15.3 Å². The van der Waals surface area contributed by atoms with Crippen molar-refractivity contribution in [2.24, 2.45) is 0 Å². The van der Waals surface area contributed by atoms with Crippen LogP contribution < -0.4 is 4.90 Å². The van der Waals surface area contributed by atoms with Gasteiger partial charge in [-0.05, 0) is 25.0 Å². The molecular formula is C15H18F3N7O. The number of carbonyl (C=O) groups is 1. The van der Waals surface area contributed by atoms with Gasteiger partial charge in [-0.25, -0.2) is 4.79 Å². The molecule has 0 atom stereocenters. The molecule has 26 heavy (non-hydrogen) atoms. The lowest BCUT2D eigenvalue weighted by Gasteiger charge is -2.37. The van der Waals surface area contributed by atoms with Crippen molar-refractivity contribution in [2.75, 3.05) is 44.2 Å². The van der Waals surface area contributed by atoms with E-state index in [1.807, 2.05) is 9.80 Å². The first-order valence-electron chi connectivity index (χ1n) is 8.52. The van der Waals surface area contributed by atoms with Crippen LogP contribution in [0.25, 0.3) is 5.65 Å². The van der Waals surface area contributed by atoms with Crippen molar-refractivity contribution in [3.05, 3.63) is 18.0 Å². The van der Waals surface area contributed by atoms with Gasteiger partial charge in [0.05, 0.1) is 0 Å². The standard InChI is InChI=1S/C15H18F3N7O/c16-15(17,18)13-20-19-11-3-4-12(21-25(11)13)22-7-9-24(10-8-22)14(26)23-5-1-2-6-23/h3-4H,1-2,5-10H2. The van der Waals surface area contributed by atoms with Crippen LogP contribution in [0.4, 0.5) is 23.8 Å². The third-order valence-corrected chi connectivity index (χ3v) is 4.75. The van der Waals surface area contributed by atoms with Crippen LogP contribution in [0, 0.1) is 0 Å². The Hall–Kier alpha value is -2.59. The molecule has 2 saturated heterocycles. The summed E-state index contributed by atoms with van der Waals surface area (Å²) in [5.41, 5.74) is 0.0453. The van der Waals surface area contributed by atoms with Crippen molar-refractivity contribution in [2.45, 2.75) is 19.0 Å². The lowest BCUT2D eigenvalue weighted by molar-refractivity contribution is -0.146. The van der Waals surface area contributed by atoms with Gasteiger partial charge in [-0.2, -0.15) is 17.7 Å². The number of hydrogen-bond acceptors (Lipinski definition) is 5. The van der Waals surface area contributed by atoms with Crippen LogP contribution in [0.2, 0.25) is 0 Å². The highest BCUT2D eigenvalue weighted by Gasteiger charge is 2.38. The van der Waals surface area contributed by atoms with Gasteiger partial charge in [0.2, 0.25) is 0 Å². The van der Waals surface area contributed by atoms with Crippen molar-refractivity contribution in [3.63, 3.8) is 0 Å². The van der Waals surface area contributed by atoms with Crippen LogP contribution in [0.3, 0.4) is 0 Å². The number of fused-ring (bicyclic) bond motifs is 1. The monoisotopic (exact) mass is 369 g/mol. The van der Waals surface area contributed by atoms with E-state index in [4.69, 9.17) is 0 Å². The summed E-state index contributed by atoms with van der Waals surface area (Å²) in [6, 6.07) is 3.14. The summed E-state index contributed by atoms with van der Waals surface area (Å²) in [6.07, 6.45) is -2.54. The summed E-state index contributed by atoms with van der Waals surface area (Å²) in [5.74, 6) is -0.728. The normalized spacial score (nSPS) is 18.8. The quantitative estimate of drug-likeness (QED) is 0.762. The first-order chi connectivity index (χ1) is 12.4. The molecule has 2 aliphatic rings. The molecule has 11 heteroatoms. The second-order valence-corrected chi connectivity index (χ2v) is 6.43. The number of anilines is 1. The van der Waals surface area contributed by atoms with Gasteiger partial charge < -0.3 is 14.7 Å². The molecule has 0 aliphatic carbocycles. The fraction of sp³-hybridized carbons (Fsp3) is 0.600. The molecule has 2 aromatic heterocycles. The van der Waals surface area contributed by atoms with Gasteiger partial charge in [-0.3, -0.25) is 0 Å². The molecule has 0 radical (unpaired) electrons. The number of piperazine rings is 1. The topological polar surface area (TPSA) is 69.9 Å². The summed E-state index contributed by atoms with van der Waals surface area (Å²) < 4.78 is 39.7. The Morgan fingerprint density at radius 2 is 1.58 bits per heavy atom. The minimum absolute atomic E-state index is 0.0451. The van der Waals surface area contributed by atoms with Crippen molar-refractivity contribution in [1.82, 2.24) is 29.6 Å². The van der Waals surface area contributed by atoms with E-state index < -0.39 is 12.0 Å². The molecule has 4 heterocycles. The molecule has 0 aromatic carbocycles. The lowest BCUT2D eigenvalue weighted by atomic mass is 10.3. The van der Waals surface area contributed by atoms with E-state index in [9.17, 15) is 18.0 Å². The molecule has 4 rings (SSSR count). The lowest BCUT2D eigenvalue weighted by Crippen LogP contribution is -2.52. The highest BCUT2D eigenvalue weighted by atomic mass is 19.4. The Morgan fingerprint density at radius 1 is 0.923 bits per heavy atom. The smallest absolute Gasteiger partial charge is 0.352 e. The number of likely N-dealkylation sites (tertiary alicyclic amines) is 1. The molecule has 0 N–H and O–H groups in total. The fourth-order valence-electron chi connectivity index (χ4n) is 3.36. The molecule has 140 valence electrons. The van der Waals surface area contributed by atoms with Gasteiger partial charge in [0, 0.05) is 39.3 Å². The summed E-state index contributed by atoms with van der Waals surface area (Å²) in [4.78, 5) is 17.9. The predicted molar refractivity (Wildman–Crippen MR) is 85.8 cm³/mol. The maximum Gasteiger partial charge on any atom is 0.453 e. The van der Waals surface area contributed by atoms with Crippen LogP contribution in [0.15, 0.2) is 12.1 Å². The summed E-state index contributed by atoms with van der Waals surface area (Å²) in [5, 5.41) is 10.7. The largest absolute Gasteiger partial charge is 0.453 e. The first-order valence-corrected chi connectivity index (χ1v) is 8.52. The zero-order chi connectivity index (χ0) is 18.3. The number of nitrogens with zero attached hydrogens (tertiary/aromatic N) is 7. The third kappa shape index (κ3) is 3.01. The van der Waals surface area contributed by atoms with Crippen molar-refractivity contribution < 1.29 is 18.0 Å². The second kappa shape index (κ2) is 6.29. The molecule has 0 unspecified atom stereocenters. The van der Waals surface area contributed by atoms with Gasteiger partial charge in [0.15, 0.2) is 5.65 Å². The van der Waals surface area contributed by atoms with Gasteiger partial charge in [0.1, 0.15) is 5.82 Å². The molecular weight excluding hydrogens is 351 g/mol. The van der Waals surface area contributed by atoms with Crippen molar-refractivity contribution in [1.29, 1.82) is 0 Å². The Morgan fingerprint density at radius 3 is 2.23 bits per heavy atom. The molecule has 0 spiro atoms. The van der Waals surface area contributed by atoms with Crippen LogP contribution in [0.5, 0.6) is 0 Å². The average molecular weight is 369 g/mol. The number of urea groups is 1. The number of halogens is 3. The Labute approximate surface area is 147 Å². The maximum absolute atomic E-state index is 13.0. The Kier molecular flexibility index (Phi) is 4.08. The average Bonchev–Trinajstić information content (AvgIpc) is 3.30. The number of alkyl halides is 3. The molecule has 2 amide bonds. The summed E-state index contributed by atoms with van der Waals surface area (Å²) >= 11 is 0. The Bertz CT molecular complexity index is 807. The van der Waals surface area contributed by atoms with E-state index in [0.717, 1.165) is 30.4 Å². The number of amides is 2. The fourth-order valence-corrected chi connectivity index (χ4v) is 3.36. The van der Waals surface area contributed by atoms with Crippen LogP contribution in [-0.4, -0.2) is 74.9 Å². The third-order valence-electron chi connectivity index (χ3n) is 4.75. The van der Waals surface area contributed by atoms with E-state index in [0.29, 0.717) is 32.0 Å². The number of rotatable bonds is 1. The van der Waals surface area contributed by atoms with Crippen LogP contribution in [0.1, 0.15) is 18.7 Å². The highest BCUT2D eigenvalue weighted by Crippen LogP contribution is 2.28. The minimum atomic E-state index is -4.62. The summed E-state index contributed by atoms with van der Waals surface area (Å²) in [6.45, 7) is 3.66. The minimum Gasteiger partial charge on any atom is -0.352 e. The molecule has 2 aromatic rings. The first kappa shape index (κ1) is 16.9. The molecule has 0 saturated carbocycles. The highest BCUT2D eigenvalue weighted by molar-refractivity contribution is 5.75. The number of carbonyl (C=O) groups excluding carboxylic acids is 1. The SMILES string of the molecule is O=C(N1CCCC1)N1CCN(c2ccc3nnc(C(F)(F)F)n3n2)CC1. The molecule has 2 fully saturated rings. The van der Waals surface area contributed by atoms with Crippen LogP contribution in [-0.2, 0) is 6.18 Å². The Balaban J connectivity index is 1.48. The molecule has 2 aliphatic heterocycles. The predicted octanol–water partition coefficient (Wildman–Crippen LogP) is 1.48. The molecule has 0 bridgehead atoms. The summed E-state index contributed by atoms with van der Waals surface area (Å²) in [7, 11) is 0. The van der Waals surface area contributed by atoms with E-state index >= 15 is 0 Å². The van der Waals surface area contributed by atoms with Crippen molar-refractivity contribution in [3.8, 4) is 0 Å². The number of aromatic nitrogens is 4.